The van der Waals surface area contributed by atoms with Gasteiger partial charge in [0, 0.05) is 24.7 Å². The Morgan fingerprint density at radius 3 is 2.44 bits per heavy atom. The Balaban J connectivity index is 1.82. The van der Waals surface area contributed by atoms with Crippen LogP contribution in [0.15, 0.2) is 28.8 Å². The predicted octanol–water partition coefficient (Wildman–Crippen LogP) is 3.62. The number of hydrogen-bond acceptors (Lipinski definition) is 5. The van der Waals surface area contributed by atoms with Gasteiger partial charge in [0.05, 0.1) is 12.4 Å². The smallest absolute Gasteiger partial charge is 0.199 e. The van der Waals surface area contributed by atoms with Gasteiger partial charge in [-0.25, -0.2) is 4.68 Å². The molecule has 1 aromatic carbocycles. The highest BCUT2D eigenvalue weighted by molar-refractivity contribution is 7.71. The van der Waals surface area contributed by atoms with Crippen molar-refractivity contribution in [1.82, 2.24) is 24.4 Å². The van der Waals surface area contributed by atoms with Crippen LogP contribution in [0.1, 0.15) is 22.6 Å². The van der Waals surface area contributed by atoms with Crippen LogP contribution < -0.4 is 0 Å². The number of nitrogens with zero attached hydrogens (tertiary/aromatic N) is 5. The summed E-state index contributed by atoms with van der Waals surface area (Å²) in [5.74, 6) is 1.73. The molecule has 0 unspecified atom stereocenters. The lowest BCUT2D eigenvalue weighted by Crippen LogP contribution is -2.23. The zero-order valence-electron chi connectivity index (χ0n) is 15.3. The molecular weight excluding hydrogens is 334 g/mol. The first kappa shape index (κ1) is 17.6. The first-order valence-corrected chi connectivity index (χ1v) is 8.59. The summed E-state index contributed by atoms with van der Waals surface area (Å²) >= 11 is 5.56. The van der Waals surface area contributed by atoms with Gasteiger partial charge in [-0.15, -0.1) is 0 Å². The molecule has 0 fully saturated rings. The van der Waals surface area contributed by atoms with Crippen LogP contribution in [-0.4, -0.2) is 31.5 Å². The van der Waals surface area contributed by atoms with Crippen LogP contribution in [-0.2, 0) is 20.3 Å². The Labute approximate surface area is 152 Å². The largest absolute Gasteiger partial charge is 0.361 e. The van der Waals surface area contributed by atoms with Crippen molar-refractivity contribution >= 4 is 12.2 Å². The quantitative estimate of drug-likeness (QED) is 0.653. The van der Waals surface area contributed by atoms with Crippen LogP contribution in [0.2, 0.25) is 0 Å². The lowest BCUT2D eigenvalue weighted by Gasteiger charge is -2.16. The molecule has 0 aliphatic rings. The van der Waals surface area contributed by atoms with E-state index in [0.717, 1.165) is 35.0 Å². The van der Waals surface area contributed by atoms with Crippen molar-refractivity contribution in [3.63, 3.8) is 0 Å². The molecule has 0 bridgehead atoms. The topological polar surface area (TPSA) is 52.0 Å². The monoisotopic (exact) mass is 357 g/mol. The highest BCUT2D eigenvalue weighted by Gasteiger charge is 2.14. The van der Waals surface area contributed by atoms with Gasteiger partial charge in [-0.05, 0) is 40.0 Å². The minimum Gasteiger partial charge on any atom is -0.361 e. The second-order valence-corrected chi connectivity index (χ2v) is 6.85. The fraction of sp³-hybridized carbons (Fsp3) is 0.389. The molecule has 25 heavy (non-hydrogen) atoms. The lowest BCUT2D eigenvalue weighted by molar-refractivity contribution is 0.242. The standard InChI is InChI=1S/C18H23N5OS/c1-12-6-8-15(9-7-12)17-19-23(18(25)22(17)5)11-21(4)10-16-13(2)20-24-14(16)3/h6-9H,10-11H2,1-5H3. The molecule has 3 rings (SSSR count). The Morgan fingerprint density at radius 2 is 1.84 bits per heavy atom. The summed E-state index contributed by atoms with van der Waals surface area (Å²) in [6.07, 6.45) is 0. The maximum atomic E-state index is 5.56. The van der Waals surface area contributed by atoms with Crippen molar-refractivity contribution in [2.24, 2.45) is 7.05 Å². The van der Waals surface area contributed by atoms with Gasteiger partial charge in [0.2, 0.25) is 0 Å². The fourth-order valence-electron chi connectivity index (χ4n) is 2.81. The number of aryl methyl sites for hydroxylation is 3. The zero-order valence-corrected chi connectivity index (χ0v) is 16.1. The van der Waals surface area contributed by atoms with Gasteiger partial charge >= 0.3 is 0 Å². The highest BCUT2D eigenvalue weighted by Crippen LogP contribution is 2.19. The average molecular weight is 357 g/mol. The van der Waals surface area contributed by atoms with Crippen molar-refractivity contribution in [3.8, 4) is 11.4 Å². The summed E-state index contributed by atoms with van der Waals surface area (Å²) < 4.78 is 9.73. The number of rotatable bonds is 5. The van der Waals surface area contributed by atoms with Crippen molar-refractivity contribution in [1.29, 1.82) is 0 Å². The van der Waals surface area contributed by atoms with E-state index in [4.69, 9.17) is 21.8 Å². The highest BCUT2D eigenvalue weighted by atomic mass is 32.1. The van der Waals surface area contributed by atoms with E-state index in [-0.39, 0.29) is 0 Å². The molecule has 0 amide bonds. The lowest BCUT2D eigenvalue weighted by atomic mass is 10.1. The van der Waals surface area contributed by atoms with E-state index in [1.54, 1.807) is 0 Å². The van der Waals surface area contributed by atoms with Crippen molar-refractivity contribution in [2.45, 2.75) is 34.0 Å². The van der Waals surface area contributed by atoms with Crippen molar-refractivity contribution < 1.29 is 4.52 Å². The molecule has 0 saturated heterocycles. The fourth-order valence-corrected chi connectivity index (χ4v) is 3.00. The van der Waals surface area contributed by atoms with Crippen LogP contribution >= 0.6 is 12.2 Å². The molecule has 3 aromatic rings. The number of hydrogen-bond donors (Lipinski definition) is 0. The van der Waals surface area contributed by atoms with Crippen LogP contribution in [0.25, 0.3) is 11.4 Å². The maximum Gasteiger partial charge on any atom is 0.199 e. The van der Waals surface area contributed by atoms with Crippen LogP contribution in [0.5, 0.6) is 0 Å². The van der Waals surface area contributed by atoms with Crippen molar-refractivity contribution in [3.05, 3.63) is 51.6 Å². The molecule has 132 valence electrons. The molecular formula is C18H23N5OS. The third-order valence-corrected chi connectivity index (χ3v) is 4.82. The summed E-state index contributed by atoms with van der Waals surface area (Å²) in [6, 6.07) is 8.32. The first-order valence-electron chi connectivity index (χ1n) is 8.18. The third-order valence-electron chi connectivity index (χ3n) is 4.34. The summed E-state index contributed by atoms with van der Waals surface area (Å²) in [4.78, 5) is 2.15. The van der Waals surface area contributed by atoms with Gasteiger partial charge < -0.3 is 9.09 Å². The molecule has 0 spiro atoms. The minimum atomic E-state index is 0.600. The summed E-state index contributed by atoms with van der Waals surface area (Å²) in [5, 5.41) is 8.73. The molecule has 7 heteroatoms. The van der Waals surface area contributed by atoms with Gasteiger partial charge in [-0.2, -0.15) is 5.10 Å². The second kappa shape index (κ2) is 6.93. The van der Waals surface area contributed by atoms with Gasteiger partial charge in [-0.3, -0.25) is 4.90 Å². The molecule has 0 radical (unpaired) electrons. The molecule has 0 atom stereocenters. The molecule has 0 aliphatic carbocycles. The molecule has 0 saturated carbocycles. The Hall–Kier alpha value is -2.25. The Kier molecular flexibility index (Phi) is 4.87. The molecule has 6 nitrogen and oxygen atoms in total. The van der Waals surface area contributed by atoms with Gasteiger partial charge in [0.25, 0.3) is 0 Å². The normalized spacial score (nSPS) is 11.4. The SMILES string of the molecule is Cc1ccc(-c2nn(CN(C)Cc3c(C)noc3C)c(=S)n2C)cc1. The van der Waals surface area contributed by atoms with E-state index in [1.807, 2.05) is 37.2 Å². The van der Waals surface area contributed by atoms with E-state index in [0.29, 0.717) is 11.4 Å². The van der Waals surface area contributed by atoms with E-state index in [9.17, 15) is 0 Å². The zero-order chi connectivity index (χ0) is 18.1. The molecule has 2 aromatic heterocycles. The summed E-state index contributed by atoms with van der Waals surface area (Å²) in [7, 11) is 3.99. The third kappa shape index (κ3) is 3.57. The molecule has 2 heterocycles. The van der Waals surface area contributed by atoms with Gasteiger partial charge in [0.1, 0.15) is 5.76 Å². The Morgan fingerprint density at radius 1 is 1.16 bits per heavy atom. The van der Waals surface area contributed by atoms with Crippen molar-refractivity contribution in [2.75, 3.05) is 7.05 Å². The predicted molar refractivity (Wildman–Crippen MR) is 99.6 cm³/mol. The maximum absolute atomic E-state index is 5.56. The van der Waals surface area contributed by atoms with Crippen LogP contribution in [0.4, 0.5) is 0 Å². The first-order chi connectivity index (χ1) is 11.9. The Bertz CT molecular complexity index is 916. The number of benzene rings is 1. The van der Waals surface area contributed by atoms with E-state index in [2.05, 4.69) is 41.2 Å². The second-order valence-electron chi connectivity index (χ2n) is 6.49. The van der Waals surface area contributed by atoms with Crippen LogP contribution in [0, 0.1) is 25.5 Å². The van der Waals surface area contributed by atoms with Gasteiger partial charge in [-0.1, -0.05) is 35.0 Å². The summed E-state index contributed by atoms with van der Waals surface area (Å²) in [6.45, 7) is 7.30. The van der Waals surface area contributed by atoms with E-state index < -0.39 is 0 Å². The molecule has 0 aliphatic heterocycles. The van der Waals surface area contributed by atoms with E-state index >= 15 is 0 Å². The van der Waals surface area contributed by atoms with E-state index in [1.165, 1.54) is 5.56 Å². The molecule has 0 N–H and O–H groups in total. The summed E-state index contributed by atoms with van der Waals surface area (Å²) in [5.41, 5.74) is 4.33. The van der Waals surface area contributed by atoms with Gasteiger partial charge in [0.15, 0.2) is 10.6 Å². The average Bonchev–Trinajstić information content (AvgIpc) is 3.04. The van der Waals surface area contributed by atoms with Crippen LogP contribution in [0.3, 0.4) is 0 Å². The minimum absolute atomic E-state index is 0.600. The number of aromatic nitrogens is 4.